The zero-order valence-corrected chi connectivity index (χ0v) is 21.3. The maximum absolute atomic E-state index is 13.1. The number of halogens is 1. The first-order valence-electron chi connectivity index (χ1n) is 13.0. The summed E-state index contributed by atoms with van der Waals surface area (Å²) < 4.78 is 10.7. The Kier molecular flexibility index (Phi) is 7.97. The summed E-state index contributed by atoms with van der Waals surface area (Å²) in [6.07, 6.45) is 7.92. The summed E-state index contributed by atoms with van der Waals surface area (Å²) in [7, 11) is 0. The van der Waals surface area contributed by atoms with Crippen molar-refractivity contribution in [3.8, 4) is 11.5 Å². The van der Waals surface area contributed by atoms with E-state index in [0.717, 1.165) is 31.2 Å². The number of carbonyl (C=O) groups excluding carboxylic acids is 2. The van der Waals surface area contributed by atoms with Crippen LogP contribution in [0.4, 0.5) is 5.69 Å². The highest BCUT2D eigenvalue weighted by Gasteiger charge is 2.28. The fraction of sp³-hybridized carbons (Fsp3) is 0.500. The molecular formula is C28H34ClN3O4. The number of hydrogen-bond acceptors (Lipinski definition) is 5. The van der Waals surface area contributed by atoms with Crippen LogP contribution in [0.5, 0.6) is 11.5 Å². The zero-order chi connectivity index (χ0) is 24.9. The molecule has 2 aromatic rings. The Bertz CT molecular complexity index is 1090. The van der Waals surface area contributed by atoms with Crippen LogP contribution in [-0.4, -0.2) is 43.1 Å². The summed E-state index contributed by atoms with van der Waals surface area (Å²) in [6, 6.07) is 10.6. The van der Waals surface area contributed by atoms with E-state index in [-0.39, 0.29) is 24.5 Å². The molecule has 36 heavy (non-hydrogen) atoms. The molecule has 1 saturated heterocycles. The molecule has 2 fully saturated rings. The van der Waals surface area contributed by atoms with E-state index in [1.54, 1.807) is 18.2 Å². The molecule has 0 atom stereocenters. The summed E-state index contributed by atoms with van der Waals surface area (Å²) in [5.41, 5.74) is 1.74. The van der Waals surface area contributed by atoms with Gasteiger partial charge in [0.2, 0.25) is 12.7 Å². The molecule has 5 rings (SSSR count). The quantitative estimate of drug-likeness (QED) is 0.532. The standard InChI is InChI=1S/C28H34ClN3O4/c29-22-9-10-24(23(15-22)28(34)30-16-20-6-11-25-26(14-20)36-18-35-25)31-27(33)21-7-4-19(5-8-21)17-32-12-2-1-3-13-32/h6,9-11,14-15,19,21H,1-5,7-8,12-13,16-18H2,(H,30,34)(H,31,33). The summed E-state index contributed by atoms with van der Waals surface area (Å²) in [4.78, 5) is 28.7. The minimum atomic E-state index is -0.296. The molecule has 0 aromatic heterocycles. The zero-order valence-electron chi connectivity index (χ0n) is 20.6. The normalized spacial score (nSPS) is 21.7. The van der Waals surface area contributed by atoms with E-state index in [9.17, 15) is 9.59 Å². The number of benzene rings is 2. The van der Waals surface area contributed by atoms with Gasteiger partial charge in [-0.1, -0.05) is 24.1 Å². The van der Waals surface area contributed by atoms with Gasteiger partial charge in [-0.3, -0.25) is 9.59 Å². The number of amides is 2. The first-order chi connectivity index (χ1) is 17.5. The molecule has 2 aliphatic heterocycles. The Hall–Kier alpha value is -2.77. The number of carbonyl (C=O) groups is 2. The highest BCUT2D eigenvalue weighted by atomic mass is 35.5. The summed E-state index contributed by atoms with van der Waals surface area (Å²) in [6.45, 7) is 4.12. The fourth-order valence-corrected chi connectivity index (χ4v) is 5.66. The molecular weight excluding hydrogens is 478 g/mol. The van der Waals surface area contributed by atoms with E-state index in [2.05, 4.69) is 15.5 Å². The third-order valence-corrected chi connectivity index (χ3v) is 7.79. The Morgan fingerprint density at radius 2 is 1.72 bits per heavy atom. The molecule has 8 heteroatoms. The van der Waals surface area contributed by atoms with Crippen LogP contribution in [0.15, 0.2) is 36.4 Å². The molecule has 2 heterocycles. The number of rotatable bonds is 7. The lowest BCUT2D eigenvalue weighted by Gasteiger charge is -2.34. The lowest BCUT2D eigenvalue weighted by molar-refractivity contribution is -0.121. The first kappa shape index (κ1) is 24.9. The van der Waals surface area contributed by atoms with Crippen LogP contribution in [0.2, 0.25) is 5.02 Å². The average Bonchev–Trinajstić information content (AvgIpc) is 3.37. The number of ether oxygens (including phenoxy) is 2. The minimum Gasteiger partial charge on any atom is -0.454 e. The SMILES string of the molecule is O=C(NCc1ccc2c(c1)OCO2)c1cc(Cl)ccc1NC(=O)C1CCC(CN2CCCCC2)CC1. The molecule has 0 unspecified atom stereocenters. The van der Waals surface area contributed by atoms with Gasteiger partial charge in [-0.25, -0.2) is 0 Å². The van der Waals surface area contributed by atoms with Crippen molar-refractivity contribution < 1.29 is 19.1 Å². The maximum atomic E-state index is 13.1. The Labute approximate surface area is 217 Å². The highest BCUT2D eigenvalue weighted by Crippen LogP contribution is 2.33. The van der Waals surface area contributed by atoms with Gasteiger partial charge < -0.3 is 25.0 Å². The van der Waals surface area contributed by atoms with E-state index in [1.165, 1.54) is 38.9 Å². The van der Waals surface area contributed by atoms with Gasteiger partial charge in [-0.2, -0.15) is 0 Å². The van der Waals surface area contributed by atoms with Gasteiger partial charge in [-0.15, -0.1) is 0 Å². The second-order valence-electron chi connectivity index (χ2n) is 10.1. The van der Waals surface area contributed by atoms with Gasteiger partial charge in [0, 0.05) is 24.0 Å². The number of hydrogen-bond donors (Lipinski definition) is 2. The van der Waals surface area contributed by atoms with Crippen molar-refractivity contribution in [2.24, 2.45) is 11.8 Å². The number of nitrogens with zero attached hydrogens (tertiary/aromatic N) is 1. The van der Waals surface area contributed by atoms with Gasteiger partial charge >= 0.3 is 0 Å². The van der Waals surface area contributed by atoms with E-state index < -0.39 is 0 Å². The Morgan fingerprint density at radius 1 is 0.944 bits per heavy atom. The molecule has 2 amide bonds. The predicted octanol–water partition coefficient (Wildman–Crippen LogP) is 5.23. The Morgan fingerprint density at radius 3 is 2.53 bits per heavy atom. The van der Waals surface area contributed by atoms with E-state index in [1.807, 2.05) is 18.2 Å². The maximum Gasteiger partial charge on any atom is 0.253 e. The fourth-order valence-electron chi connectivity index (χ4n) is 5.49. The van der Waals surface area contributed by atoms with E-state index in [4.69, 9.17) is 21.1 Å². The number of likely N-dealkylation sites (tertiary alicyclic amines) is 1. The minimum absolute atomic E-state index is 0.0152. The van der Waals surface area contributed by atoms with Crippen molar-refractivity contribution in [1.82, 2.24) is 10.2 Å². The van der Waals surface area contributed by atoms with E-state index >= 15 is 0 Å². The average molecular weight is 512 g/mol. The van der Waals surface area contributed by atoms with Crippen molar-refractivity contribution in [1.29, 1.82) is 0 Å². The summed E-state index contributed by atoms with van der Waals surface area (Å²) in [5.74, 6) is 1.71. The molecule has 0 bridgehead atoms. The van der Waals surface area contributed by atoms with Crippen LogP contribution < -0.4 is 20.1 Å². The largest absolute Gasteiger partial charge is 0.454 e. The second kappa shape index (κ2) is 11.5. The second-order valence-corrected chi connectivity index (χ2v) is 10.6. The van der Waals surface area contributed by atoms with Crippen molar-refractivity contribution in [3.05, 3.63) is 52.5 Å². The van der Waals surface area contributed by atoms with E-state index in [0.29, 0.717) is 40.2 Å². The van der Waals surface area contributed by atoms with Crippen molar-refractivity contribution >= 4 is 29.1 Å². The molecule has 3 aliphatic rings. The summed E-state index contributed by atoms with van der Waals surface area (Å²) >= 11 is 6.20. The topological polar surface area (TPSA) is 79.9 Å². The Balaban J connectivity index is 1.16. The van der Waals surface area contributed by atoms with Gasteiger partial charge in [-0.05, 0) is 93.4 Å². The molecule has 7 nitrogen and oxygen atoms in total. The van der Waals surface area contributed by atoms with Crippen LogP contribution in [-0.2, 0) is 11.3 Å². The lowest BCUT2D eigenvalue weighted by atomic mass is 9.81. The lowest BCUT2D eigenvalue weighted by Crippen LogP contribution is -2.36. The highest BCUT2D eigenvalue weighted by molar-refractivity contribution is 6.31. The van der Waals surface area contributed by atoms with Crippen molar-refractivity contribution in [2.45, 2.75) is 51.5 Å². The molecule has 192 valence electrons. The third-order valence-electron chi connectivity index (χ3n) is 7.56. The molecule has 2 aromatic carbocycles. The van der Waals surface area contributed by atoms with Crippen LogP contribution >= 0.6 is 11.6 Å². The monoisotopic (exact) mass is 511 g/mol. The molecule has 0 radical (unpaired) electrons. The number of fused-ring (bicyclic) bond motifs is 1. The predicted molar refractivity (Wildman–Crippen MR) is 140 cm³/mol. The molecule has 1 saturated carbocycles. The first-order valence-corrected chi connectivity index (χ1v) is 13.4. The molecule has 2 N–H and O–H groups in total. The third kappa shape index (κ3) is 6.13. The smallest absolute Gasteiger partial charge is 0.253 e. The van der Waals surface area contributed by atoms with Crippen LogP contribution in [0, 0.1) is 11.8 Å². The van der Waals surface area contributed by atoms with Crippen LogP contribution in [0.1, 0.15) is 60.9 Å². The van der Waals surface area contributed by atoms with Gasteiger partial charge in [0.25, 0.3) is 5.91 Å². The number of nitrogens with one attached hydrogen (secondary N) is 2. The number of piperidine rings is 1. The van der Waals surface area contributed by atoms with Crippen molar-refractivity contribution in [3.63, 3.8) is 0 Å². The summed E-state index contributed by atoms with van der Waals surface area (Å²) in [5, 5.41) is 6.38. The van der Waals surface area contributed by atoms with Gasteiger partial charge in [0.05, 0.1) is 11.3 Å². The molecule has 0 spiro atoms. The van der Waals surface area contributed by atoms with Gasteiger partial charge in [0.1, 0.15) is 0 Å². The van der Waals surface area contributed by atoms with Crippen LogP contribution in [0.25, 0.3) is 0 Å². The van der Waals surface area contributed by atoms with Gasteiger partial charge in [0.15, 0.2) is 11.5 Å². The number of anilines is 1. The van der Waals surface area contributed by atoms with Crippen molar-refractivity contribution in [2.75, 3.05) is 31.7 Å². The van der Waals surface area contributed by atoms with Crippen LogP contribution in [0.3, 0.4) is 0 Å². The molecule has 1 aliphatic carbocycles.